The third-order valence-corrected chi connectivity index (χ3v) is 1.35. The van der Waals surface area contributed by atoms with Crippen molar-refractivity contribution < 1.29 is 19.4 Å². The summed E-state index contributed by atoms with van der Waals surface area (Å²) in [4.78, 5) is 20.1. The number of hydrogen-bond donors (Lipinski definition) is 3. The van der Waals surface area contributed by atoms with Crippen molar-refractivity contribution in [2.24, 2.45) is 0 Å². The van der Waals surface area contributed by atoms with E-state index >= 15 is 0 Å². The van der Waals surface area contributed by atoms with Gasteiger partial charge < -0.3 is 15.6 Å². The number of carbonyl (C=O) groups excluding carboxylic acids is 1. The van der Waals surface area contributed by atoms with Crippen LogP contribution >= 0.6 is 0 Å². The van der Waals surface area contributed by atoms with E-state index in [0.29, 0.717) is 0 Å². The maximum atomic E-state index is 10.2. The van der Waals surface area contributed by atoms with Crippen molar-refractivity contribution in [2.45, 2.75) is 0 Å². The maximum absolute atomic E-state index is 10.2. The summed E-state index contributed by atoms with van der Waals surface area (Å²) in [5, 5.41) is 14.3. The molecule has 0 radical (unpaired) electrons. The molecule has 0 aromatic carbocycles. The van der Waals surface area contributed by atoms with E-state index in [1.54, 1.807) is 0 Å². The number of nitrogens with zero attached hydrogens (tertiary/aromatic N) is 1. The number of anilines is 1. The Morgan fingerprint density at radius 1 is 1.64 bits per heavy atom. The quantitative estimate of drug-likeness (QED) is 0.447. The first-order chi connectivity index (χ1) is 6.65. The van der Waals surface area contributed by atoms with Gasteiger partial charge in [0, 0.05) is 6.08 Å². The molecule has 1 rings (SSSR count). The Morgan fingerprint density at radius 3 is 2.93 bits per heavy atom. The molecule has 0 aliphatic heterocycles. The van der Waals surface area contributed by atoms with Gasteiger partial charge in [0.15, 0.2) is 0 Å². The predicted octanol–water partition coefficient (Wildman–Crippen LogP) is -0.375. The molecule has 0 atom stereocenters. The van der Waals surface area contributed by atoms with Gasteiger partial charge in [-0.25, -0.2) is 4.79 Å². The summed E-state index contributed by atoms with van der Waals surface area (Å²) < 4.78 is 4.39. The first-order valence-electron chi connectivity index (χ1n) is 3.50. The van der Waals surface area contributed by atoms with E-state index in [2.05, 4.69) is 14.9 Å². The molecule has 7 nitrogen and oxygen atoms in total. The number of aromatic amines is 1. The summed E-state index contributed by atoms with van der Waals surface area (Å²) in [5.41, 5.74) is 5.80. The number of aromatic nitrogens is 2. The average molecular weight is 197 g/mol. The van der Waals surface area contributed by atoms with E-state index in [-0.39, 0.29) is 23.7 Å². The second-order valence-corrected chi connectivity index (χ2v) is 2.24. The van der Waals surface area contributed by atoms with Gasteiger partial charge in [0.25, 0.3) is 12.4 Å². The number of nitrogen functional groups attached to an aromatic ring is 1. The molecular weight excluding hydrogens is 190 g/mol. The molecule has 1 aromatic rings. The van der Waals surface area contributed by atoms with Gasteiger partial charge in [0.2, 0.25) is 0 Å². The fraction of sp³-hybridized carbons (Fsp3) is 0. The molecule has 0 aliphatic rings. The zero-order chi connectivity index (χ0) is 10.6. The van der Waals surface area contributed by atoms with Crippen molar-refractivity contribution in [3.05, 3.63) is 11.8 Å². The van der Waals surface area contributed by atoms with Crippen LogP contribution in [0.1, 0.15) is 5.69 Å². The van der Waals surface area contributed by atoms with Gasteiger partial charge in [-0.1, -0.05) is 0 Å². The molecule has 74 valence electrons. The van der Waals surface area contributed by atoms with Gasteiger partial charge in [-0.3, -0.25) is 9.89 Å². The minimum absolute atomic E-state index is 0.0783. The largest absolute Gasteiger partial charge is 0.478 e. The number of hydrogen-bond acceptors (Lipinski definition) is 5. The predicted molar refractivity (Wildman–Crippen MR) is 46.4 cm³/mol. The molecule has 14 heavy (non-hydrogen) atoms. The molecule has 0 bridgehead atoms. The number of nitrogens with one attached hydrogen (secondary N) is 1. The van der Waals surface area contributed by atoms with E-state index in [1.807, 2.05) is 0 Å². The SMILES string of the molecule is Nc1c(OC=O)n[nH]c1/C=C/C(=O)O. The molecule has 0 fully saturated rings. The van der Waals surface area contributed by atoms with Crippen LogP contribution in [0.3, 0.4) is 0 Å². The summed E-state index contributed by atoms with van der Waals surface area (Å²) in [6.07, 6.45) is 2.09. The summed E-state index contributed by atoms with van der Waals surface area (Å²) in [7, 11) is 0. The monoisotopic (exact) mass is 197 g/mol. The molecule has 1 aromatic heterocycles. The maximum Gasteiger partial charge on any atom is 0.328 e. The third-order valence-electron chi connectivity index (χ3n) is 1.35. The lowest BCUT2D eigenvalue weighted by Crippen LogP contribution is -1.94. The first kappa shape index (κ1) is 9.78. The Bertz CT molecular complexity index is 382. The number of carboxylic acid groups (broad SMARTS) is 1. The molecule has 0 amide bonds. The van der Waals surface area contributed by atoms with Gasteiger partial charge in [-0.2, -0.15) is 0 Å². The summed E-state index contributed by atoms with van der Waals surface area (Å²) >= 11 is 0. The van der Waals surface area contributed by atoms with Crippen LogP contribution in [-0.2, 0) is 9.59 Å². The minimum atomic E-state index is -1.11. The standard InChI is InChI=1S/C7H7N3O4/c8-6-4(1-2-5(12)13)9-10-7(6)14-3-11/h1-3H,8H2,(H,9,10)(H,12,13)/b2-1+. The summed E-state index contributed by atoms with van der Waals surface area (Å²) in [6.45, 7) is 0.178. The second-order valence-electron chi connectivity index (χ2n) is 2.24. The van der Waals surface area contributed by atoms with Crippen molar-refractivity contribution in [1.82, 2.24) is 10.2 Å². The number of ether oxygens (including phenoxy) is 1. The van der Waals surface area contributed by atoms with Gasteiger partial charge >= 0.3 is 5.97 Å². The average Bonchev–Trinajstić information content (AvgIpc) is 2.46. The van der Waals surface area contributed by atoms with Crippen LogP contribution in [-0.4, -0.2) is 27.7 Å². The van der Waals surface area contributed by atoms with Gasteiger partial charge in [0.05, 0.1) is 5.69 Å². The van der Waals surface area contributed by atoms with Gasteiger partial charge in [-0.15, -0.1) is 5.10 Å². The molecule has 0 aliphatic carbocycles. The van der Waals surface area contributed by atoms with Crippen LogP contribution in [0.5, 0.6) is 5.88 Å². The number of aliphatic carboxylic acids is 1. The lowest BCUT2D eigenvalue weighted by molar-refractivity contribution is -0.131. The molecule has 7 heteroatoms. The van der Waals surface area contributed by atoms with Crippen molar-refractivity contribution in [3.63, 3.8) is 0 Å². The summed E-state index contributed by atoms with van der Waals surface area (Å²) in [5.74, 6) is -1.19. The van der Waals surface area contributed by atoms with Crippen LogP contribution in [0.4, 0.5) is 5.69 Å². The molecule has 0 saturated heterocycles. The minimum Gasteiger partial charge on any atom is -0.478 e. The van der Waals surface area contributed by atoms with E-state index < -0.39 is 5.97 Å². The van der Waals surface area contributed by atoms with Gasteiger partial charge in [-0.05, 0) is 6.08 Å². The van der Waals surface area contributed by atoms with Crippen molar-refractivity contribution in [1.29, 1.82) is 0 Å². The van der Waals surface area contributed by atoms with E-state index in [0.717, 1.165) is 6.08 Å². The highest BCUT2D eigenvalue weighted by molar-refractivity contribution is 5.86. The Hall–Kier alpha value is -2.31. The van der Waals surface area contributed by atoms with E-state index in [1.165, 1.54) is 6.08 Å². The zero-order valence-corrected chi connectivity index (χ0v) is 6.93. The molecule has 4 N–H and O–H groups in total. The van der Waals surface area contributed by atoms with Crippen LogP contribution < -0.4 is 10.5 Å². The Balaban J connectivity index is 2.89. The molecule has 0 unspecified atom stereocenters. The molecular formula is C7H7N3O4. The summed E-state index contributed by atoms with van der Waals surface area (Å²) in [6, 6.07) is 0. The number of H-pyrrole nitrogens is 1. The second kappa shape index (κ2) is 4.08. The fourth-order valence-electron chi connectivity index (χ4n) is 0.764. The number of carbonyl (C=O) groups is 2. The lowest BCUT2D eigenvalue weighted by atomic mass is 10.3. The van der Waals surface area contributed by atoms with Crippen LogP contribution in [0.25, 0.3) is 6.08 Å². The van der Waals surface area contributed by atoms with Crippen molar-refractivity contribution >= 4 is 24.2 Å². The Kier molecular flexibility index (Phi) is 2.85. The topological polar surface area (TPSA) is 118 Å². The highest BCUT2D eigenvalue weighted by Gasteiger charge is 2.08. The Morgan fingerprint density at radius 2 is 2.36 bits per heavy atom. The highest BCUT2D eigenvalue weighted by Crippen LogP contribution is 2.21. The van der Waals surface area contributed by atoms with Crippen molar-refractivity contribution in [3.8, 4) is 5.88 Å². The molecule has 0 saturated carbocycles. The lowest BCUT2D eigenvalue weighted by Gasteiger charge is -1.91. The van der Waals surface area contributed by atoms with Crippen LogP contribution in [0.2, 0.25) is 0 Å². The fourth-order valence-corrected chi connectivity index (χ4v) is 0.764. The van der Waals surface area contributed by atoms with Gasteiger partial charge in [0.1, 0.15) is 5.69 Å². The molecule has 1 heterocycles. The van der Waals surface area contributed by atoms with E-state index in [9.17, 15) is 9.59 Å². The zero-order valence-electron chi connectivity index (χ0n) is 6.93. The first-order valence-corrected chi connectivity index (χ1v) is 3.50. The third kappa shape index (κ3) is 2.09. The van der Waals surface area contributed by atoms with E-state index in [4.69, 9.17) is 10.8 Å². The Labute approximate surface area is 78.2 Å². The van der Waals surface area contributed by atoms with Crippen LogP contribution in [0.15, 0.2) is 6.08 Å². The normalized spacial score (nSPS) is 10.3. The number of nitrogens with two attached hydrogens (primary N) is 1. The van der Waals surface area contributed by atoms with Crippen molar-refractivity contribution in [2.75, 3.05) is 5.73 Å². The number of rotatable bonds is 4. The smallest absolute Gasteiger partial charge is 0.328 e. The molecule has 0 spiro atoms. The van der Waals surface area contributed by atoms with Crippen LogP contribution in [0, 0.1) is 0 Å². The number of carboxylic acids is 1. The highest BCUT2D eigenvalue weighted by atomic mass is 16.5.